The Bertz CT molecular complexity index is 169. The van der Waals surface area contributed by atoms with Gasteiger partial charge in [-0.1, -0.05) is 0 Å². The summed E-state index contributed by atoms with van der Waals surface area (Å²) in [6.07, 6.45) is 1.71. The second-order valence-corrected chi connectivity index (χ2v) is 2.60. The first-order valence-corrected chi connectivity index (χ1v) is 3.42. The van der Waals surface area contributed by atoms with Crippen LogP contribution in [0.3, 0.4) is 0 Å². The first-order chi connectivity index (χ1) is 3.80. The van der Waals surface area contributed by atoms with Crippen LogP contribution >= 0.6 is 11.6 Å². The van der Waals surface area contributed by atoms with Gasteiger partial charge in [-0.25, -0.2) is 0 Å². The summed E-state index contributed by atoms with van der Waals surface area (Å²) in [5.41, 5.74) is 0. The van der Waals surface area contributed by atoms with Crippen molar-refractivity contribution >= 4 is 32.9 Å². The Morgan fingerprint density at radius 2 is 2.38 bits per heavy atom. The van der Waals surface area contributed by atoms with Crippen LogP contribution in [0.2, 0.25) is 5.02 Å². The molecule has 8 heavy (non-hydrogen) atoms. The zero-order chi connectivity index (χ0) is 5.98. The Labute approximate surface area is 61.6 Å². The Balaban J connectivity index is 3.13. The molecule has 0 amide bonds. The number of hydrogen-bond acceptors (Lipinski definition) is 1. The molecule has 0 saturated carbocycles. The van der Waals surface area contributed by atoms with Crippen molar-refractivity contribution in [2.45, 2.75) is 0 Å². The van der Waals surface area contributed by atoms with Crippen molar-refractivity contribution in [1.82, 2.24) is 4.98 Å². The molecule has 1 nitrogen and oxygen atoms in total. The molecule has 3 heteroatoms. The molecule has 2 radical (unpaired) electrons. The van der Waals surface area contributed by atoms with Crippen LogP contribution in [-0.4, -0.2) is 21.8 Å². The van der Waals surface area contributed by atoms with Gasteiger partial charge in [-0.2, -0.15) is 0 Å². The van der Waals surface area contributed by atoms with Crippen LogP contribution in [0.1, 0.15) is 0 Å². The first-order valence-electron chi connectivity index (χ1n) is 2.10. The zero-order valence-electron chi connectivity index (χ0n) is 4.00. The Morgan fingerprint density at radius 3 is 2.75 bits per heavy atom. The van der Waals surface area contributed by atoms with Gasteiger partial charge in [0.2, 0.25) is 0 Å². The van der Waals surface area contributed by atoms with Crippen LogP contribution in [-0.2, 0) is 0 Å². The fourth-order valence-electron chi connectivity index (χ4n) is 0.377. The quantitative estimate of drug-likeness (QED) is 0.540. The molecular weight excluding hydrogens is 184 g/mol. The number of pyridine rings is 1. The number of hydrogen-bond donors (Lipinski definition) is 0. The fourth-order valence-corrected chi connectivity index (χ4v) is 0.795. The van der Waals surface area contributed by atoms with E-state index < -0.39 is 0 Å². The summed E-state index contributed by atoms with van der Waals surface area (Å²) in [6.45, 7) is 0. The summed E-state index contributed by atoms with van der Waals surface area (Å²) < 4.78 is 0.821. The van der Waals surface area contributed by atoms with E-state index in [1.807, 2.05) is 6.07 Å². The summed E-state index contributed by atoms with van der Waals surface area (Å²) >= 11 is 7.93. The average Bonchev–Trinajstić information content (AvgIpc) is 1.77. The van der Waals surface area contributed by atoms with E-state index in [0.717, 1.165) is 4.48 Å². The van der Waals surface area contributed by atoms with Crippen LogP contribution in [0.4, 0.5) is 0 Å². The normalized spacial score (nSPS) is 9.25. The van der Waals surface area contributed by atoms with Crippen LogP contribution in [0.25, 0.3) is 0 Å². The van der Waals surface area contributed by atoms with Crippen molar-refractivity contribution in [2.75, 3.05) is 0 Å². The van der Waals surface area contributed by atoms with Crippen molar-refractivity contribution in [3.05, 3.63) is 23.4 Å². The van der Waals surface area contributed by atoms with Gasteiger partial charge in [0.25, 0.3) is 0 Å². The molecule has 0 unspecified atom stereocenters. The van der Waals surface area contributed by atoms with Crippen molar-refractivity contribution in [1.29, 1.82) is 0 Å². The van der Waals surface area contributed by atoms with Gasteiger partial charge in [0, 0.05) is 0 Å². The summed E-state index contributed by atoms with van der Waals surface area (Å²) in [6, 6.07) is 3.61. The molecule has 0 atom stereocenters. The van der Waals surface area contributed by atoms with Crippen LogP contribution in [0.5, 0.6) is 0 Å². The van der Waals surface area contributed by atoms with E-state index in [1.54, 1.807) is 12.3 Å². The predicted octanol–water partition coefficient (Wildman–Crippen LogP) is 0.529. The van der Waals surface area contributed by atoms with E-state index in [2.05, 4.69) is 21.8 Å². The van der Waals surface area contributed by atoms with Crippen LogP contribution in [0, 0.1) is 0 Å². The van der Waals surface area contributed by atoms with Gasteiger partial charge >= 0.3 is 61.3 Å². The van der Waals surface area contributed by atoms with Gasteiger partial charge in [-0.05, 0) is 0 Å². The van der Waals surface area contributed by atoms with Crippen molar-refractivity contribution in [3.8, 4) is 0 Å². The molecule has 1 rings (SSSR count). The Morgan fingerprint density at radius 1 is 1.62 bits per heavy atom. The fraction of sp³-hybridized carbons (Fsp3) is 0. The van der Waals surface area contributed by atoms with Gasteiger partial charge in [0.15, 0.2) is 0 Å². The van der Waals surface area contributed by atoms with Gasteiger partial charge in [0.05, 0.1) is 0 Å². The number of aromatic nitrogens is 1. The van der Waals surface area contributed by atoms with Crippen molar-refractivity contribution < 1.29 is 0 Å². The molecule has 0 spiro atoms. The molecule has 0 aromatic carbocycles. The predicted molar refractivity (Wildman–Crippen MR) is 34.6 cm³/mol. The summed E-state index contributed by atoms with van der Waals surface area (Å²) in [4.78, 5) is 3.92. The topological polar surface area (TPSA) is 12.9 Å². The van der Waals surface area contributed by atoms with Gasteiger partial charge in [-0.15, -0.1) is 0 Å². The monoisotopic (exact) mass is 187 g/mol. The molecule has 0 aliphatic heterocycles. The molecule has 40 valence electrons. The van der Waals surface area contributed by atoms with Crippen molar-refractivity contribution in [2.24, 2.45) is 0 Å². The third-order valence-electron chi connectivity index (χ3n) is 0.739. The molecule has 1 aromatic rings. The molecule has 0 bridgehead atoms. The first kappa shape index (κ1) is 6.12. The third-order valence-corrected chi connectivity index (χ3v) is 2.08. The van der Waals surface area contributed by atoms with Gasteiger partial charge in [0.1, 0.15) is 0 Å². The summed E-state index contributed by atoms with van der Waals surface area (Å²) in [5, 5.41) is 0.701. The van der Waals surface area contributed by atoms with E-state index in [1.165, 1.54) is 0 Å². The van der Waals surface area contributed by atoms with Crippen LogP contribution < -0.4 is 4.48 Å². The maximum absolute atomic E-state index is 5.63. The Hall–Kier alpha value is -0.00156. The van der Waals surface area contributed by atoms with Gasteiger partial charge in [-0.3, -0.25) is 0 Å². The molecule has 0 saturated heterocycles. The average molecular weight is 187 g/mol. The maximum atomic E-state index is 5.63. The van der Waals surface area contributed by atoms with E-state index in [4.69, 9.17) is 11.6 Å². The molecule has 0 aliphatic rings. The number of nitrogens with zero attached hydrogens (tertiary/aromatic N) is 1. The number of halogens is 1. The van der Waals surface area contributed by atoms with Gasteiger partial charge < -0.3 is 0 Å². The minimum absolute atomic E-state index is 0.701. The van der Waals surface area contributed by atoms with E-state index in [0.29, 0.717) is 5.02 Å². The third kappa shape index (κ3) is 1.24. The molecule has 0 aliphatic carbocycles. The molecular formula is C5H3AsClN. The minimum atomic E-state index is 0.701. The molecule has 0 N–H and O–H groups in total. The molecule has 0 fully saturated rings. The number of rotatable bonds is 0. The van der Waals surface area contributed by atoms with E-state index in [9.17, 15) is 0 Å². The molecule has 1 heterocycles. The summed E-state index contributed by atoms with van der Waals surface area (Å²) in [7, 11) is 0. The molecule has 1 aromatic heterocycles. The van der Waals surface area contributed by atoms with Crippen LogP contribution in [0.15, 0.2) is 18.3 Å². The second-order valence-electron chi connectivity index (χ2n) is 1.31. The van der Waals surface area contributed by atoms with Crippen molar-refractivity contribution in [3.63, 3.8) is 0 Å². The zero-order valence-corrected chi connectivity index (χ0v) is 6.64. The second kappa shape index (κ2) is 2.52. The standard InChI is InChI=1S/C5H3AsClN/c6-5-4(7)2-1-3-8-5/h1-3H. The SMILES string of the molecule is Clc1cccnc1[As]. The van der Waals surface area contributed by atoms with E-state index in [-0.39, 0.29) is 0 Å². The van der Waals surface area contributed by atoms with E-state index >= 15 is 0 Å². The summed E-state index contributed by atoms with van der Waals surface area (Å²) in [5.74, 6) is 0. The Kier molecular flexibility index (Phi) is 1.93.